The molecule has 5 heteroatoms. The number of nitrogens with zero attached hydrogens (tertiary/aromatic N) is 2. The molecule has 1 N–H and O–H groups in total. The van der Waals surface area contributed by atoms with E-state index >= 15 is 0 Å². The number of hydrogen-bond donors (Lipinski definition) is 1. The van der Waals surface area contributed by atoms with Crippen molar-refractivity contribution < 1.29 is 9.53 Å². The van der Waals surface area contributed by atoms with Gasteiger partial charge in [0, 0.05) is 18.1 Å². The molecule has 2 rings (SSSR count). The van der Waals surface area contributed by atoms with Crippen LogP contribution in [0.1, 0.15) is 30.1 Å². The molecular weight excluding hydrogens is 254 g/mol. The molecule has 0 aliphatic heterocycles. The lowest BCUT2D eigenvalue weighted by atomic mass is 10.2. The van der Waals surface area contributed by atoms with Crippen LogP contribution in [0.3, 0.4) is 0 Å². The Hall–Kier alpha value is -2.43. The molecule has 0 bridgehead atoms. The van der Waals surface area contributed by atoms with Crippen LogP contribution in [0.25, 0.3) is 0 Å². The molecule has 0 amide bonds. The Morgan fingerprint density at radius 2 is 1.90 bits per heavy atom. The number of aromatic nitrogens is 2. The quantitative estimate of drug-likeness (QED) is 0.645. The van der Waals surface area contributed by atoms with Gasteiger partial charge in [-0.2, -0.15) is 0 Å². The van der Waals surface area contributed by atoms with Gasteiger partial charge in [-0.3, -0.25) is 0 Å². The van der Waals surface area contributed by atoms with E-state index in [1.165, 1.54) is 0 Å². The second-order valence-electron chi connectivity index (χ2n) is 4.26. The molecule has 0 atom stereocenters. The SMILES string of the molecule is CCCCOC(=O)c1ccc(Nc2ncccn2)cc1. The molecule has 20 heavy (non-hydrogen) atoms. The van der Waals surface area contributed by atoms with E-state index in [0.717, 1.165) is 18.5 Å². The van der Waals surface area contributed by atoms with Crippen LogP contribution in [-0.2, 0) is 4.74 Å². The summed E-state index contributed by atoms with van der Waals surface area (Å²) in [5.41, 5.74) is 1.36. The molecule has 1 aromatic heterocycles. The van der Waals surface area contributed by atoms with Gasteiger partial charge in [-0.05, 0) is 36.8 Å². The van der Waals surface area contributed by atoms with Gasteiger partial charge in [-0.15, -0.1) is 0 Å². The molecular formula is C15H17N3O2. The number of carbonyl (C=O) groups is 1. The van der Waals surface area contributed by atoms with Gasteiger partial charge in [-0.25, -0.2) is 14.8 Å². The molecule has 1 heterocycles. The maximum absolute atomic E-state index is 11.7. The Morgan fingerprint density at radius 1 is 1.20 bits per heavy atom. The van der Waals surface area contributed by atoms with Crippen molar-refractivity contribution in [3.8, 4) is 0 Å². The number of anilines is 2. The van der Waals surface area contributed by atoms with Crippen LogP contribution in [0.2, 0.25) is 0 Å². The number of hydrogen-bond acceptors (Lipinski definition) is 5. The predicted octanol–water partition coefficient (Wildman–Crippen LogP) is 3.18. The zero-order chi connectivity index (χ0) is 14.2. The minimum Gasteiger partial charge on any atom is -0.462 e. The van der Waals surface area contributed by atoms with Crippen LogP contribution >= 0.6 is 0 Å². The normalized spacial score (nSPS) is 10.1. The Bertz CT molecular complexity index is 541. The average Bonchev–Trinajstić information content (AvgIpc) is 2.49. The van der Waals surface area contributed by atoms with Gasteiger partial charge in [0.05, 0.1) is 12.2 Å². The number of esters is 1. The highest BCUT2D eigenvalue weighted by Gasteiger charge is 2.06. The van der Waals surface area contributed by atoms with Gasteiger partial charge >= 0.3 is 5.97 Å². The summed E-state index contributed by atoms with van der Waals surface area (Å²) in [6.07, 6.45) is 5.22. The fourth-order valence-electron chi connectivity index (χ4n) is 1.57. The molecule has 0 radical (unpaired) electrons. The molecule has 0 aliphatic rings. The number of unbranched alkanes of at least 4 members (excludes halogenated alkanes) is 1. The lowest BCUT2D eigenvalue weighted by molar-refractivity contribution is 0.0500. The van der Waals surface area contributed by atoms with Crippen molar-refractivity contribution >= 4 is 17.6 Å². The minimum atomic E-state index is -0.291. The molecule has 0 unspecified atom stereocenters. The third-order valence-electron chi connectivity index (χ3n) is 2.67. The first kappa shape index (κ1) is 14.0. The molecule has 0 saturated carbocycles. The molecule has 0 aliphatic carbocycles. The van der Waals surface area contributed by atoms with Gasteiger partial charge in [0.2, 0.25) is 5.95 Å². The van der Waals surface area contributed by atoms with Crippen molar-refractivity contribution in [3.05, 3.63) is 48.3 Å². The van der Waals surface area contributed by atoms with Gasteiger partial charge in [0.15, 0.2) is 0 Å². The topological polar surface area (TPSA) is 64.1 Å². The summed E-state index contributed by atoms with van der Waals surface area (Å²) >= 11 is 0. The molecule has 2 aromatic rings. The lowest BCUT2D eigenvalue weighted by Gasteiger charge is -2.06. The van der Waals surface area contributed by atoms with Crippen molar-refractivity contribution in [3.63, 3.8) is 0 Å². The molecule has 0 fully saturated rings. The van der Waals surface area contributed by atoms with Crippen LogP contribution < -0.4 is 5.32 Å². The maximum atomic E-state index is 11.7. The Morgan fingerprint density at radius 3 is 2.55 bits per heavy atom. The summed E-state index contributed by atoms with van der Waals surface area (Å²) < 4.78 is 5.14. The number of benzene rings is 1. The van der Waals surface area contributed by atoms with E-state index in [2.05, 4.69) is 22.2 Å². The fourth-order valence-corrected chi connectivity index (χ4v) is 1.57. The molecule has 1 aromatic carbocycles. The van der Waals surface area contributed by atoms with Crippen LogP contribution in [-0.4, -0.2) is 22.5 Å². The van der Waals surface area contributed by atoms with Crippen LogP contribution in [0.4, 0.5) is 11.6 Å². The van der Waals surface area contributed by atoms with Crippen LogP contribution in [0, 0.1) is 0 Å². The highest BCUT2D eigenvalue weighted by atomic mass is 16.5. The smallest absolute Gasteiger partial charge is 0.338 e. The summed E-state index contributed by atoms with van der Waals surface area (Å²) in [5, 5.41) is 3.05. The monoisotopic (exact) mass is 271 g/mol. The lowest BCUT2D eigenvalue weighted by Crippen LogP contribution is -2.06. The first-order valence-corrected chi connectivity index (χ1v) is 6.61. The molecule has 104 valence electrons. The van der Waals surface area contributed by atoms with Gasteiger partial charge in [-0.1, -0.05) is 13.3 Å². The van der Waals surface area contributed by atoms with Crippen molar-refractivity contribution in [1.29, 1.82) is 0 Å². The van der Waals surface area contributed by atoms with Gasteiger partial charge < -0.3 is 10.1 Å². The van der Waals surface area contributed by atoms with Crippen molar-refractivity contribution in [2.75, 3.05) is 11.9 Å². The zero-order valence-corrected chi connectivity index (χ0v) is 11.4. The number of ether oxygens (including phenoxy) is 1. The number of rotatable bonds is 6. The number of carbonyl (C=O) groups excluding carboxylic acids is 1. The fraction of sp³-hybridized carbons (Fsp3) is 0.267. The van der Waals surface area contributed by atoms with E-state index in [-0.39, 0.29) is 5.97 Å². The van der Waals surface area contributed by atoms with E-state index in [0.29, 0.717) is 18.1 Å². The van der Waals surface area contributed by atoms with E-state index in [9.17, 15) is 4.79 Å². The third kappa shape index (κ3) is 4.05. The zero-order valence-electron chi connectivity index (χ0n) is 11.4. The van der Waals surface area contributed by atoms with Crippen molar-refractivity contribution in [2.45, 2.75) is 19.8 Å². The first-order chi connectivity index (χ1) is 9.79. The summed E-state index contributed by atoms with van der Waals surface area (Å²) in [6.45, 7) is 2.52. The largest absolute Gasteiger partial charge is 0.462 e. The Balaban J connectivity index is 1.94. The van der Waals surface area contributed by atoms with Crippen molar-refractivity contribution in [2.24, 2.45) is 0 Å². The average molecular weight is 271 g/mol. The van der Waals surface area contributed by atoms with Crippen molar-refractivity contribution in [1.82, 2.24) is 9.97 Å². The Labute approximate surface area is 118 Å². The van der Waals surface area contributed by atoms with Gasteiger partial charge in [0.1, 0.15) is 0 Å². The second-order valence-corrected chi connectivity index (χ2v) is 4.26. The van der Waals surface area contributed by atoms with Gasteiger partial charge in [0.25, 0.3) is 0 Å². The summed E-state index contributed by atoms with van der Waals surface area (Å²) in [7, 11) is 0. The summed E-state index contributed by atoms with van der Waals surface area (Å²) in [5.74, 6) is 0.228. The second kappa shape index (κ2) is 7.23. The van der Waals surface area contributed by atoms with E-state index in [1.54, 1.807) is 42.7 Å². The highest BCUT2D eigenvalue weighted by molar-refractivity contribution is 5.89. The third-order valence-corrected chi connectivity index (χ3v) is 2.67. The maximum Gasteiger partial charge on any atom is 0.338 e. The first-order valence-electron chi connectivity index (χ1n) is 6.61. The minimum absolute atomic E-state index is 0.291. The van der Waals surface area contributed by atoms with Crippen LogP contribution in [0.5, 0.6) is 0 Å². The number of nitrogens with one attached hydrogen (secondary N) is 1. The van der Waals surface area contributed by atoms with E-state index in [1.807, 2.05) is 0 Å². The molecule has 0 saturated heterocycles. The standard InChI is InChI=1S/C15H17N3O2/c1-2-3-11-20-14(19)12-5-7-13(8-6-12)18-15-16-9-4-10-17-15/h4-10H,2-3,11H2,1H3,(H,16,17,18). The molecule has 5 nitrogen and oxygen atoms in total. The van der Waals surface area contributed by atoms with E-state index in [4.69, 9.17) is 4.74 Å². The summed E-state index contributed by atoms with van der Waals surface area (Å²) in [6, 6.07) is 8.79. The van der Waals surface area contributed by atoms with E-state index < -0.39 is 0 Å². The Kier molecular flexibility index (Phi) is 5.06. The highest BCUT2D eigenvalue weighted by Crippen LogP contribution is 2.14. The predicted molar refractivity (Wildman–Crippen MR) is 76.9 cm³/mol. The van der Waals surface area contributed by atoms with Crippen LogP contribution in [0.15, 0.2) is 42.7 Å². The molecule has 0 spiro atoms. The summed E-state index contributed by atoms with van der Waals surface area (Å²) in [4.78, 5) is 19.9.